The van der Waals surface area contributed by atoms with Gasteiger partial charge in [-0.1, -0.05) is 37.3 Å². The minimum Gasteiger partial charge on any atom is -0.453 e. The monoisotopic (exact) mass is 407 g/mol. The Balaban J connectivity index is 1.80. The van der Waals surface area contributed by atoms with Gasteiger partial charge in [0.1, 0.15) is 0 Å². The third-order valence-electron chi connectivity index (χ3n) is 4.82. The molecule has 0 aliphatic heterocycles. The van der Waals surface area contributed by atoms with E-state index in [2.05, 4.69) is 27.0 Å². The predicted molar refractivity (Wildman–Crippen MR) is 113 cm³/mol. The number of carbonyl (C=O) groups excluding carboxylic acids is 2. The van der Waals surface area contributed by atoms with E-state index in [9.17, 15) is 9.59 Å². The van der Waals surface area contributed by atoms with Crippen LogP contribution in [0, 0.1) is 20.8 Å². The van der Waals surface area contributed by atoms with Crippen molar-refractivity contribution >= 4 is 23.5 Å². The smallest absolute Gasteiger partial charge is 0.357 e. The number of carbonyl (C=O) groups is 2. The van der Waals surface area contributed by atoms with Gasteiger partial charge in [0.15, 0.2) is 18.1 Å². The van der Waals surface area contributed by atoms with Crippen LogP contribution in [0.5, 0.6) is 0 Å². The number of hydrogen-bond acceptors (Lipinski definition) is 6. The maximum absolute atomic E-state index is 12.8. The Labute approximate surface area is 175 Å². The molecule has 0 bridgehead atoms. The number of Topliss-reactive ketones (excluding diaryl/α,β-unsaturated/α-hetero) is 1. The van der Waals surface area contributed by atoms with Crippen LogP contribution < -0.4 is 0 Å². The molecule has 156 valence electrons. The second-order valence-electron chi connectivity index (χ2n) is 7.01. The van der Waals surface area contributed by atoms with Gasteiger partial charge in [-0.05, 0) is 55.3 Å². The Hall–Kier alpha value is -3.55. The lowest BCUT2D eigenvalue weighted by molar-refractivity contribution is -0.136. The quantitative estimate of drug-likeness (QED) is 0.323. The second kappa shape index (κ2) is 9.30. The molecule has 0 spiro atoms. The van der Waals surface area contributed by atoms with Crippen molar-refractivity contribution in [1.82, 2.24) is 24.8 Å². The molecule has 2 heterocycles. The highest BCUT2D eigenvalue weighted by molar-refractivity contribution is 6.16. The van der Waals surface area contributed by atoms with Crippen molar-refractivity contribution in [2.45, 2.75) is 40.7 Å². The van der Waals surface area contributed by atoms with Crippen molar-refractivity contribution in [3.05, 3.63) is 64.7 Å². The Kier molecular flexibility index (Phi) is 6.56. The van der Waals surface area contributed by atoms with Crippen LogP contribution in [0.2, 0.25) is 0 Å². The topological polar surface area (TPSA) is 91.9 Å². The number of tetrazole rings is 1. The van der Waals surface area contributed by atoms with Gasteiger partial charge in [0, 0.05) is 23.5 Å². The highest BCUT2D eigenvalue weighted by atomic mass is 16.5. The summed E-state index contributed by atoms with van der Waals surface area (Å²) in [6.07, 6.45) is 2.60. The summed E-state index contributed by atoms with van der Waals surface area (Å²) in [6, 6.07) is 11.1. The number of rotatable bonds is 8. The van der Waals surface area contributed by atoms with Gasteiger partial charge in [0.2, 0.25) is 5.78 Å². The molecule has 1 aromatic carbocycles. The van der Waals surface area contributed by atoms with Crippen molar-refractivity contribution in [3.8, 4) is 0 Å². The minimum absolute atomic E-state index is 0.132. The number of ketones is 1. The lowest BCUT2D eigenvalue weighted by Crippen LogP contribution is -2.19. The largest absolute Gasteiger partial charge is 0.453 e. The van der Waals surface area contributed by atoms with Crippen LogP contribution in [0.25, 0.3) is 11.8 Å². The third kappa shape index (κ3) is 4.53. The van der Waals surface area contributed by atoms with E-state index in [-0.39, 0.29) is 18.1 Å². The number of esters is 1. The molecule has 3 rings (SSSR count). The maximum Gasteiger partial charge on any atom is 0.357 e. The highest BCUT2D eigenvalue weighted by Crippen LogP contribution is 2.18. The summed E-state index contributed by atoms with van der Waals surface area (Å²) in [5.74, 6) is -0.486. The van der Waals surface area contributed by atoms with E-state index >= 15 is 0 Å². The fourth-order valence-electron chi connectivity index (χ4n) is 3.30. The van der Waals surface area contributed by atoms with Gasteiger partial charge in [-0.15, -0.1) is 5.10 Å². The molecule has 0 amide bonds. The Bertz CT molecular complexity index is 1080. The Morgan fingerprint density at radius 3 is 2.50 bits per heavy atom. The third-order valence-corrected chi connectivity index (χ3v) is 4.82. The molecule has 30 heavy (non-hydrogen) atoms. The molecule has 0 saturated heterocycles. The van der Waals surface area contributed by atoms with Gasteiger partial charge in [0.25, 0.3) is 0 Å². The molecule has 0 N–H and O–H groups in total. The van der Waals surface area contributed by atoms with Gasteiger partial charge in [-0.2, -0.15) is 4.68 Å². The lowest BCUT2D eigenvalue weighted by Gasteiger charge is -2.10. The van der Waals surface area contributed by atoms with Gasteiger partial charge in [0.05, 0.1) is 0 Å². The molecule has 0 fully saturated rings. The summed E-state index contributed by atoms with van der Waals surface area (Å²) in [5, 5.41) is 11.3. The standard InChI is InChI=1S/C22H25N5O3/c1-5-11-26-15(2)12-19(16(26)3)21(28)14-30-22(29)20(27-17(4)23-24-25-27)13-18-9-7-6-8-10-18/h6-10,12-13H,5,11,14H2,1-4H3/b20-13-. The first-order valence-corrected chi connectivity index (χ1v) is 9.81. The summed E-state index contributed by atoms with van der Waals surface area (Å²) >= 11 is 0. The van der Waals surface area contributed by atoms with Crippen LogP contribution in [0.3, 0.4) is 0 Å². The molecule has 8 heteroatoms. The normalized spacial score (nSPS) is 11.5. The van der Waals surface area contributed by atoms with Crippen molar-refractivity contribution in [1.29, 1.82) is 0 Å². The van der Waals surface area contributed by atoms with E-state index in [1.165, 1.54) is 4.68 Å². The molecular formula is C22H25N5O3. The molecule has 0 aliphatic rings. The number of aryl methyl sites for hydroxylation is 2. The molecule has 0 atom stereocenters. The zero-order valence-corrected chi connectivity index (χ0v) is 17.6. The van der Waals surface area contributed by atoms with E-state index in [4.69, 9.17) is 4.74 Å². The van der Waals surface area contributed by atoms with Crippen LogP contribution in [-0.2, 0) is 16.1 Å². The molecular weight excluding hydrogens is 382 g/mol. The SMILES string of the molecule is CCCn1c(C)cc(C(=O)COC(=O)/C(=C/c2ccccc2)n2nnnc2C)c1C. The molecule has 0 unspecified atom stereocenters. The van der Waals surface area contributed by atoms with E-state index in [1.54, 1.807) is 13.0 Å². The van der Waals surface area contributed by atoms with Crippen LogP contribution in [0.4, 0.5) is 0 Å². The van der Waals surface area contributed by atoms with E-state index in [0.29, 0.717) is 11.4 Å². The fraction of sp³-hybridized carbons (Fsp3) is 0.318. The summed E-state index contributed by atoms with van der Waals surface area (Å²) < 4.78 is 8.75. The van der Waals surface area contributed by atoms with Crippen LogP contribution >= 0.6 is 0 Å². The molecule has 8 nitrogen and oxygen atoms in total. The molecule has 3 aromatic rings. The molecule has 0 radical (unpaired) electrons. The summed E-state index contributed by atoms with van der Waals surface area (Å²) in [6.45, 7) is 8.12. The van der Waals surface area contributed by atoms with Crippen molar-refractivity contribution in [2.24, 2.45) is 0 Å². The van der Waals surface area contributed by atoms with E-state index in [0.717, 1.165) is 29.9 Å². The number of hydrogen-bond donors (Lipinski definition) is 0. The molecule has 0 aliphatic carbocycles. The van der Waals surface area contributed by atoms with Gasteiger partial charge < -0.3 is 9.30 Å². The summed E-state index contributed by atoms with van der Waals surface area (Å²) in [4.78, 5) is 25.5. The van der Waals surface area contributed by atoms with E-state index in [1.807, 2.05) is 50.2 Å². The number of aromatic nitrogens is 5. The van der Waals surface area contributed by atoms with Gasteiger partial charge in [-0.3, -0.25) is 4.79 Å². The maximum atomic E-state index is 12.8. The number of nitrogens with zero attached hydrogens (tertiary/aromatic N) is 5. The van der Waals surface area contributed by atoms with Crippen LogP contribution in [0.1, 0.15) is 46.5 Å². The van der Waals surface area contributed by atoms with Gasteiger partial charge in [-0.25, -0.2) is 4.79 Å². The zero-order chi connectivity index (χ0) is 21.7. The predicted octanol–water partition coefficient (Wildman–Crippen LogP) is 3.23. The van der Waals surface area contributed by atoms with Crippen molar-refractivity contribution in [2.75, 3.05) is 6.61 Å². The number of benzene rings is 1. The highest BCUT2D eigenvalue weighted by Gasteiger charge is 2.21. The average molecular weight is 407 g/mol. The Morgan fingerprint density at radius 1 is 1.13 bits per heavy atom. The average Bonchev–Trinajstić information content (AvgIpc) is 3.29. The second-order valence-corrected chi connectivity index (χ2v) is 7.01. The fourth-order valence-corrected chi connectivity index (χ4v) is 3.30. The first-order valence-electron chi connectivity index (χ1n) is 9.81. The summed E-state index contributed by atoms with van der Waals surface area (Å²) in [7, 11) is 0. The Morgan fingerprint density at radius 2 is 1.87 bits per heavy atom. The first kappa shape index (κ1) is 21.2. The molecule has 0 saturated carbocycles. The minimum atomic E-state index is -0.676. The molecule has 2 aromatic heterocycles. The van der Waals surface area contributed by atoms with Gasteiger partial charge >= 0.3 is 5.97 Å². The summed E-state index contributed by atoms with van der Waals surface area (Å²) in [5.41, 5.74) is 3.38. The first-order chi connectivity index (χ1) is 14.4. The van der Waals surface area contributed by atoms with E-state index < -0.39 is 5.97 Å². The van der Waals surface area contributed by atoms with Crippen LogP contribution in [0.15, 0.2) is 36.4 Å². The van der Waals surface area contributed by atoms with Crippen molar-refractivity contribution in [3.63, 3.8) is 0 Å². The lowest BCUT2D eigenvalue weighted by atomic mass is 10.1. The number of ether oxygens (including phenoxy) is 1. The zero-order valence-electron chi connectivity index (χ0n) is 17.6. The van der Waals surface area contributed by atoms with Crippen LogP contribution in [-0.4, -0.2) is 43.1 Å². The van der Waals surface area contributed by atoms with Crippen molar-refractivity contribution < 1.29 is 14.3 Å².